The van der Waals surface area contributed by atoms with Gasteiger partial charge in [0.1, 0.15) is 0 Å². The summed E-state index contributed by atoms with van der Waals surface area (Å²) in [4.78, 5) is 0. The number of hydrogen-bond acceptors (Lipinski definition) is 2. The van der Waals surface area contributed by atoms with Crippen molar-refractivity contribution in [3.8, 4) is 6.07 Å². The molecule has 56 valence electrons. The van der Waals surface area contributed by atoms with E-state index in [1.165, 1.54) is 5.57 Å². The molecule has 0 aliphatic rings. The fourth-order valence-corrected chi connectivity index (χ4v) is 0.616. The molecule has 0 aromatic carbocycles. The van der Waals surface area contributed by atoms with Crippen LogP contribution in [0, 0.1) is 11.3 Å². The molecule has 2 N–H and O–H groups in total. The molecule has 0 rings (SSSR count). The maximum atomic E-state index is 8.30. The minimum atomic E-state index is -0.296. The van der Waals surface area contributed by atoms with E-state index in [2.05, 4.69) is 6.08 Å². The van der Waals surface area contributed by atoms with Crippen molar-refractivity contribution in [3.63, 3.8) is 0 Å². The first-order valence-corrected chi connectivity index (χ1v) is 3.45. The van der Waals surface area contributed by atoms with Crippen molar-refractivity contribution in [2.75, 3.05) is 0 Å². The Morgan fingerprint density at radius 3 is 2.70 bits per heavy atom. The van der Waals surface area contributed by atoms with E-state index in [1.54, 1.807) is 0 Å². The van der Waals surface area contributed by atoms with Gasteiger partial charge in [-0.2, -0.15) is 5.26 Å². The van der Waals surface area contributed by atoms with Crippen molar-refractivity contribution in [1.29, 1.82) is 5.26 Å². The highest BCUT2D eigenvalue weighted by Crippen LogP contribution is 1.98. The van der Waals surface area contributed by atoms with Crippen molar-refractivity contribution in [2.24, 2.45) is 5.73 Å². The van der Waals surface area contributed by atoms with E-state index in [-0.39, 0.29) is 6.04 Å². The number of nitrogens with zero attached hydrogens (tertiary/aromatic N) is 1. The number of rotatable bonds is 3. The fraction of sp³-hybridized carbons (Fsp3) is 0.625. The van der Waals surface area contributed by atoms with Crippen LogP contribution < -0.4 is 5.73 Å². The Bertz CT molecular complexity index is 149. The lowest BCUT2D eigenvalue weighted by Crippen LogP contribution is -2.16. The Morgan fingerprint density at radius 2 is 2.30 bits per heavy atom. The molecule has 1 atom stereocenters. The predicted octanol–water partition coefficient (Wildman–Crippen LogP) is 1.58. The number of hydrogen-bond donors (Lipinski definition) is 1. The number of allylic oxidation sites excluding steroid dienone is 2. The average molecular weight is 138 g/mol. The number of nitriles is 1. The van der Waals surface area contributed by atoms with Gasteiger partial charge in [0.15, 0.2) is 0 Å². The fourth-order valence-electron chi connectivity index (χ4n) is 0.616. The highest BCUT2D eigenvalue weighted by atomic mass is 14.6. The van der Waals surface area contributed by atoms with Crippen LogP contribution in [0.5, 0.6) is 0 Å². The van der Waals surface area contributed by atoms with Crippen molar-refractivity contribution in [2.45, 2.75) is 32.7 Å². The van der Waals surface area contributed by atoms with Crippen LogP contribution in [0.25, 0.3) is 0 Å². The molecule has 0 saturated heterocycles. The summed E-state index contributed by atoms with van der Waals surface area (Å²) in [6.07, 6.45) is 3.77. The minimum Gasteiger partial charge on any atom is -0.316 e. The Morgan fingerprint density at radius 1 is 1.70 bits per heavy atom. The molecule has 10 heavy (non-hydrogen) atoms. The Hall–Kier alpha value is -0.810. The van der Waals surface area contributed by atoms with Gasteiger partial charge in [-0.15, -0.1) is 0 Å². The second kappa shape index (κ2) is 5.01. The molecule has 0 heterocycles. The van der Waals surface area contributed by atoms with E-state index in [0.29, 0.717) is 0 Å². The standard InChI is InChI=1S/C8H14N2/c1-7(2)4-3-5-8(10)6-9/h4,8H,3,5,10H2,1-2H3. The van der Waals surface area contributed by atoms with Crippen molar-refractivity contribution < 1.29 is 0 Å². The van der Waals surface area contributed by atoms with Gasteiger partial charge in [-0.25, -0.2) is 0 Å². The van der Waals surface area contributed by atoms with Gasteiger partial charge in [0, 0.05) is 0 Å². The summed E-state index contributed by atoms with van der Waals surface area (Å²) in [6.45, 7) is 4.08. The first-order valence-electron chi connectivity index (χ1n) is 3.45. The summed E-state index contributed by atoms with van der Waals surface area (Å²) in [6, 6.07) is 1.69. The molecule has 0 bridgehead atoms. The zero-order valence-electron chi connectivity index (χ0n) is 6.59. The molecule has 2 nitrogen and oxygen atoms in total. The van der Waals surface area contributed by atoms with Gasteiger partial charge in [0.25, 0.3) is 0 Å². The van der Waals surface area contributed by atoms with Crippen LogP contribution in [-0.4, -0.2) is 6.04 Å². The second-order valence-corrected chi connectivity index (χ2v) is 2.59. The zero-order chi connectivity index (χ0) is 7.98. The molecule has 0 spiro atoms. The molecule has 0 saturated carbocycles. The van der Waals surface area contributed by atoms with Crippen LogP contribution in [0.3, 0.4) is 0 Å². The lowest BCUT2D eigenvalue weighted by Gasteiger charge is -1.97. The van der Waals surface area contributed by atoms with Gasteiger partial charge in [0.05, 0.1) is 12.1 Å². The van der Waals surface area contributed by atoms with E-state index in [9.17, 15) is 0 Å². The summed E-state index contributed by atoms with van der Waals surface area (Å²) < 4.78 is 0. The smallest absolute Gasteiger partial charge is 0.0931 e. The van der Waals surface area contributed by atoms with E-state index in [1.807, 2.05) is 19.9 Å². The van der Waals surface area contributed by atoms with Gasteiger partial charge in [-0.3, -0.25) is 0 Å². The van der Waals surface area contributed by atoms with Crippen LogP contribution in [0.2, 0.25) is 0 Å². The average Bonchev–Trinajstić information content (AvgIpc) is 1.87. The lowest BCUT2D eigenvalue weighted by molar-refractivity contribution is 0.742. The summed E-state index contributed by atoms with van der Waals surface area (Å²) >= 11 is 0. The molecule has 0 aliphatic heterocycles. The first kappa shape index (κ1) is 9.19. The Labute approximate surface area is 62.3 Å². The van der Waals surface area contributed by atoms with Crippen molar-refractivity contribution in [3.05, 3.63) is 11.6 Å². The van der Waals surface area contributed by atoms with Gasteiger partial charge in [0.2, 0.25) is 0 Å². The molecule has 1 unspecified atom stereocenters. The number of nitrogens with two attached hydrogens (primary N) is 1. The third kappa shape index (κ3) is 5.33. The predicted molar refractivity (Wildman–Crippen MR) is 42.3 cm³/mol. The highest BCUT2D eigenvalue weighted by molar-refractivity contribution is 4.95. The summed E-state index contributed by atoms with van der Waals surface area (Å²) in [5, 5.41) is 8.30. The molecule has 0 aromatic heterocycles. The highest BCUT2D eigenvalue weighted by Gasteiger charge is 1.95. The SMILES string of the molecule is CC(C)=CCCC(N)C#N. The van der Waals surface area contributed by atoms with Crippen LogP contribution in [0.15, 0.2) is 11.6 Å². The maximum Gasteiger partial charge on any atom is 0.0931 e. The maximum absolute atomic E-state index is 8.30. The van der Waals surface area contributed by atoms with Crippen LogP contribution in [0.1, 0.15) is 26.7 Å². The van der Waals surface area contributed by atoms with Gasteiger partial charge >= 0.3 is 0 Å². The third-order valence-electron chi connectivity index (χ3n) is 1.20. The topological polar surface area (TPSA) is 49.8 Å². The Balaban J connectivity index is 3.39. The molecule has 0 amide bonds. The van der Waals surface area contributed by atoms with E-state index in [4.69, 9.17) is 11.0 Å². The first-order chi connectivity index (χ1) is 4.66. The summed E-state index contributed by atoms with van der Waals surface area (Å²) in [5.41, 5.74) is 6.65. The quantitative estimate of drug-likeness (QED) is 0.602. The monoisotopic (exact) mass is 138 g/mol. The molecule has 0 radical (unpaired) electrons. The molecule has 0 aromatic rings. The molecule has 0 aliphatic carbocycles. The van der Waals surface area contributed by atoms with Crippen LogP contribution >= 0.6 is 0 Å². The zero-order valence-corrected chi connectivity index (χ0v) is 6.59. The van der Waals surface area contributed by atoms with Crippen molar-refractivity contribution in [1.82, 2.24) is 0 Å². The van der Waals surface area contributed by atoms with Crippen LogP contribution in [-0.2, 0) is 0 Å². The molecule has 0 fully saturated rings. The summed E-state index contributed by atoms with van der Waals surface area (Å²) in [7, 11) is 0. The van der Waals surface area contributed by atoms with E-state index in [0.717, 1.165) is 12.8 Å². The largest absolute Gasteiger partial charge is 0.316 e. The van der Waals surface area contributed by atoms with Gasteiger partial charge in [-0.05, 0) is 26.7 Å². The third-order valence-corrected chi connectivity index (χ3v) is 1.20. The Kier molecular flexibility index (Phi) is 4.61. The van der Waals surface area contributed by atoms with Gasteiger partial charge < -0.3 is 5.73 Å². The van der Waals surface area contributed by atoms with Crippen molar-refractivity contribution >= 4 is 0 Å². The van der Waals surface area contributed by atoms with Crippen LogP contribution in [0.4, 0.5) is 0 Å². The normalized spacial score (nSPS) is 11.8. The minimum absolute atomic E-state index is 0.296. The summed E-state index contributed by atoms with van der Waals surface area (Å²) in [5.74, 6) is 0. The second-order valence-electron chi connectivity index (χ2n) is 2.59. The van der Waals surface area contributed by atoms with E-state index < -0.39 is 0 Å². The van der Waals surface area contributed by atoms with E-state index >= 15 is 0 Å². The molecular weight excluding hydrogens is 124 g/mol. The lowest BCUT2D eigenvalue weighted by atomic mass is 10.1. The van der Waals surface area contributed by atoms with Gasteiger partial charge in [-0.1, -0.05) is 11.6 Å². The molecule has 2 heteroatoms. The molecular formula is C8H14N2.